The molecule has 0 bridgehead atoms. The van der Waals surface area contributed by atoms with E-state index in [9.17, 15) is 4.79 Å². The number of carbonyl (C=O) groups excluding carboxylic acids is 1. The highest BCUT2D eigenvalue weighted by Gasteiger charge is 2.30. The SMILES string of the molecule is C=C1CC2/C=N\c3cc(OC)c(OC)cc3C(=O)CCC2C1. The lowest BCUT2D eigenvalue weighted by atomic mass is 9.91. The predicted molar refractivity (Wildman–Crippen MR) is 86.6 cm³/mol. The summed E-state index contributed by atoms with van der Waals surface area (Å²) in [7, 11) is 3.16. The van der Waals surface area contributed by atoms with Crippen molar-refractivity contribution in [2.45, 2.75) is 25.7 Å². The molecule has 1 aliphatic carbocycles. The van der Waals surface area contributed by atoms with Crippen molar-refractivity contribution in [2.75, 3.05) is 14.2 Å². The Balaban J connectivity index is 2.04. The molecule has 3 rings (SSSR count). The number of rotatable bonds is 2. The molecule has 2 atom stereocenters. The summed E-state index contributed by atoms with van der Waals surface area (Å²) >= 11 is 0. The van der Waals surface area contributed by atoms with Gasteiger partial charge in [0.2, 0.25) is 0 Å². The van der Waals surface area contributed by atoms with E-state index in [1.807, 2.05) is 6.21 Å². The molecule has 1 aromatic rings. The van der Waals surface area contributed by atoms with Crippen molar-refractivity contribution in [3.8, 4) is 11.5 Å². The van der Waals surface area contributed by atoms with Gasteiger partial charge in [-0.05, 0) is 31.2 Å². The van der Waals surface area contributed by atoms with Crippen LogP contribution in [0.3, 0.4) is 0 Å². The molecule has 0 amide bonds. The fourth-order valence-corrected chi connectivity index (χ4v) is 3.42. The van der Waals surface area contributed by atoms with Gasteiger partial charge in [0.25, 0.3) is 0 Å². The second kappa shape index (κ2) is 5.95. The molecule has 0 radical (unpaired) electrons. The van der Waals surface area contributed by atoms with Gasteiger partial charge in [-0.15, -0.1) is 0 Å². The first-order valence-corrected chi connectivity index (χ1v) is 7.62. The Labute approximate surface area is 130 Å². The largest absolute Gasteiger partial charge is 0.493 e. The number of aliphatic imine (C=N–C) groups is 1. The van der Waals surface area contributed by atoms with Crippen molar-refractivity contribution in [3.05, 3.63) is 29.8 Å². The highest BCUT2D eigenvalue weighted by molar-refractivity contribution is 6.02. The Hall–Kier alpha value is -2.10. The van der Waals surface area contributed by atoms with Gasteiger partial charge < -0.3 is 9.47 Å². The second-order valence-electron chi connectivity index (χ2n) is 6.05. The van der Waals surface area contributed by atoms with Crippen molar-refractivity contribution >= 4 is 17.7 Å². The zero-order valence-electron chi connectivity index (χ0n) is 13.1. The first kappa shape index (κ1) is 14.8. The van der Waals surface area contributed by atoms with Crippen molar-refractivity contribution < 1.29 is 14.3 Å². The highest BCUT2D eigenvalue weighted by atomic mass is 16.5. The normalized spacial score (nSPS) is 25.5. The van der Waals surface area contributed by atoms with E-state index in [2.05, 4.69) is 11.6 Å². The lowest BCUT2D eigenvalue weighted by Crippen LogP contribution is -2.10. The maximum atomic E-state index is 12.6. The monoisotopic (exact) mass is 299 g/mol. The number of ketones is 1. The molecule has 1 aromatic carbocycles. The second-order valence-corrected chi connectivity index (χ2v) is 6.05. The molecule has 0 saturated heterocycles. The standard InChI is InChI=1S/C18H21NO3/c1-11-6-12-4-5-16(20)14-8-17(21-2)18(22-3)9-15(14)19-10-13(12)7-11/h8-10,12-13H,1,4-7H2,2-3H3/b19-10-. The molecule has 2 aliphatic rings. The van der Waals surface area contributed by atoms with Crippen LogP contribution in [0, 0.1) is 11.8 Å². The first-order chi connectivity index (χ1) is 10.6. The first-order valence-electron chi connectivity index (χ1n) is 7.62. The topological polar surface area (TPSA) is 47.9 Å². The molecule has 4 nitrogen and oxygen atoms in total. The zero-order valence-corrected chi connectivity index (χ0v) is 13.1. The quantitative estimate of drug-likeness (QED) is 0.776. The predicted octanol–water partition coefficient (Wildman–Crippen LogP) is 3.97. The molecule has 1 saturated carbocycles. The molecule has 1 fully saturated rings. The molecule has 1 aliphatic heterocycles. The minimum Gasteiger partial charge on any atom is -0.493 e. The molecule has 2 unspecified atom stereocenters. The van der Waals surface area contributed by atoms with Gasteiger partial charge in [0.1, 0.15) is 0 Å². The Morgan fingerprint density at radius 3 is 2.64 bits per heavy atom. The third-order valence-corrected chi connectivity index (χ3v) is 4.63. The van der Waals surface area contributed by atoms with Crippen LogP contribution in [-0.4, -0.2) is 26.2 Å². The van der Waals surface area contributed by atoms with Crippen molar-refractivity contribution in [1.29, 1.82) is 0 Å². The number of nitrogens with zero attached hydrogens (tertiary/aromatic N) is 1. The van der Waals surface area contributed by atoms with E-state index in [1.165, 1.54) is 5.57 Å². The van der Waals surface area contributed by atoms with Crippen molar-refractivity contribution in [1.82, 2.24) is 0 Å². The zero-order chi connectivity index (χ0) is 15.7. The van der Waals surface area contributed by atoms with Crippen molar-refractivity contribution in [3.63, 3.8) is 0 Å². The summed E-state index contributed by atoms with van der Waals surface area (Å²) in [4.78, 5) is 17.2. The summed E-state index contributed by atoms with van der Waals surface area (Å²) in [6, 6.07) is 3.53. The lowest BCUT2D eigenvalue weighted by Gasteiger charge is -2.13. The van der Waals surface area contributed by atoms with Gasteiger partial charge in [0, 0.05) is 30.2 Å². The van der Waals surface area contributed by atoms with E-state index in [0.717, 1.165) is 19.3 Å². The average molecular weight is 299 g/mol. The van der Waals surface area contributed by atoms with Gasteiger partial charge in [-0.25, -0.2) is 0 Å². The Bertz CT molecular complexity index is 648. The van der Waals surface area contributed by atoms with E-state index in [4.69, 9.17) is 9.47 Å². The molecule has 116 valence electrons. The van der Waals surface area contributed by atoms with Crippen LogP contribution in [0.25, 0.3) is 0 Å². The maximum absolute atomic E-state index is 12.6. The maximum Gasteiger partial charge on any atom is 0.165 e. The van der Waals surface area contributed by atoms with Gasteiger partial charge in [-0.3, -0.25) is 9.79 Å². The summed E-state index contributed by atoms with van der Waals surface area (Å²) < 4.78 is 10.6. The van der Waals surface area contributed by atoms with Gasteiger partial charge >= 0.3 is 0 Å². The molecule has 22 heavy (non-hydrogen) atoms. The van der Waals surface area contributed by atoms with Crippen LogP contribution in [0.2, 0.25) is 0 Å². The summed E-state index contributed by atoms with van der Waals surface area (Å²) in [6.45, 7) is 4.09. The minimum absolute atomic E-state index is 0.117. The number of carbonyl (C=O) groups is 1. The molecule has 0 N–H and O–H groups in total. The molecular weight excluding hydrogens is 278 g/mol. The fraction of sp³-hybridized carbons (Fsp3) is 0.444. The minimum atomic E-state index is 0.117. The number of hydrogen-bond acceptors (Lipinski definition) is 4. The van der Waals surface area contributed by atoms with Gasteiger partial charge in [-0.1, -0.05) is 12.2 Å². The van der Waals surface area contributed by atoms with E-state index in [0.29, 0.717) is 41.0 Å². The molecule has 4 heteroatoms. The summed E-state index contributed by atoms with van der Waals surface area (Å²) in [5, 5.41) is 0. The number of Topliss-reactive ketones (excluding diaryl/α,β-unsaturated/α-hetero) is 1. The van der Waals surface area contributed by atoms with Crippen LogP contribution >= 0.6 is 0 Å². The van der Waals surface area contributed by atoms with Crippen LogP contribution in [0.1, 0.15) is 36.0 Å². The van der Waals surface area contributed by atoms with E-state index < -0.39 is 0 Å². The number of methoxy groups -OCH3 is 2. The van der Waals surface area contributed by atoms with E-state index in [-0.39, 0.29) is 5.78 Å². The van der Waals surface area contributed by atoms with Crippen LogP contribution in [0.5, 0.6) is 11.5 Å². The molecule has 1 heterocycles. The highest BCUT2D eigenvalue weighted by Crippen LogP contribution is 2.41. The Morgan fingerprint density at radius 1 is 1.18 bits per heavy atom. The van der Waals surface area contributed by atoms with Crippen LogP contribution < -0.4 is 9.47 Å². The van der Waals surface area contributed by atoms with Gasteiger partial charge in [-0.2, -0.15) is 0 Å². The van der Waals surface area contributed by atoms with Gasteiger partial charge in [0.05, 0.1) is 19.9 Å². The number of fused-ring (bicyclic) bond motifs is 2. The summed E-state index contributed by atoms with van der Waals surface area (Å²) in [5.41, 5.74) is 2.55. The van der Waals surface area contributed by atoms with Gasteiger partial charge in [0.15, 0.2) is 17.3 Å². The molecular formula is C18H21NO3. The Morgan fingerprint density at radius 2 is 1.91 bits per heavy atom. The molecule has 0 spiro atoms. The Kier molecular flexibility index (Phi) is 4.01. The van der Waals surface area contributed by atoms with E-state index in [1.54, 1.807) is 26.4 Å². The van der Waals surface area contributed by atoms with Crippen LogP contribution in [0.4, 0.5) is 5.69 Å². The number of ether oxygens (including phenoxy) is 2. The van der Waals surface area contributed by atoms with Crippen LogP contribution in [0.15, 0.2) is 29.3 Å². The third-order valence-electron chi connectivity index (χ3n) is 4.63. The smallest absolute Gasteiger partial charge is 0.165 e. The number of hydrogen-bond donors (Lipinski definition) is 0. The fourth-order valence-electron chi connectivity index (χ4n) is 3.42. The molecule has 0 aromatic heterocycles. The number of benzene rings is 1. The van der Waals surface area contributed by atoms with Crippen LogP contribution in [-0.2, 0) is 0 Å². The average Bonchev–Trinajstić information content (AvgIpc) is 2.90. The van der Waals surface area contributed by atoms with Crippen molar-refractivity contribution in [2.24, 2.45) is 16.8 Å². The number of allylic oxidation sites excluding steroid dienone is 1. The van der Waals surface area contributed by atoms with E-state index >= 15 is 0 Å². The lowest BCUT2D eigenvalue weighted by molar-refractivity contribution is 0.0973. The summed E-state index contributed by atoms with van der Waals surface area (Å²) in [6.07, 6.45) is 5.41. The summed E-state index contributed by atoms with van der Waals surface area (Å²) in [5.74, 6) is 2.15. The third kappa shape index (κ3) is 2.65.